The van der Waals surface area contributed by atoms with Crippen molar-refractivity contribution in [3.8, 4) is 0 Å². The second kappa shape index (κ2) is 8.86. The molecule has 0 unspecified atom stereocenters. The van der Waals surface area contributed by atoms with Gasteiger partial charge in [-0.05, 0) is 41.1 Å². The lowest BCUT2D eigenvalue weighted by atomic mass is 10.1. The van der Waals surface area contributed by atoms with Crippen LogP contribution in [0.25, 0.3) is 10.8 Å². The second-order valence-electron chi connectivity index (χ2n) is 7.28. The molecule has 31 heavy (non-hydrogen) atoms. The van der Waals surface area contributed by atoms with Crippen LogP contribution in [0.5, 0.6) is 0 Å². The molecule has 3 rings (SSSR count). The van der Waals surface area contributed by atoms with Gasteiger partial charge in [0.1, 0.15) is 0 Å². The Balaban J connectivity index is 2.07. The third-order valence-corrected chi connectivity index (χ3v) is 8.48. The van der Waals surface area contributed by atoms with Crippen LogP contribution in [0.2, 0.25) is 0 Å². The summed E-state index contributed by atoms with van der Waals surface area (Å²) in [7, 11) is -4.14. The molecule has 0 spiro atoms. The molecule has 0 atom stereocenters. The summed E-state index contributed by atoms with van der Waals surface area (Å²) in [5, 5.41) is 1.74. The minimum atomic E-state index is -3.94. The van der Waals surface area contributed by atoms with Crippen LogP contribution in [0.4, 0.5) is 11.4 Å². The molecule has 0 aliphatic rings. The highest BCUT2D eigenvalue weighted by Crippen LogP contribution is 2.31. The molecule has 0 saturated carbocycles. The molecule has 0 aliphatic carbocycles. The fourth-order valence-electron chi connectivity index (χ4n) is 3.40. The summed E-state index contributed by atoms with van der Waals surface area (Å²) in [6.07, 6.45) is 0. The number of rotatable bonds is 8. The van der Waals surface area contributed by atoms with Gasteiger partial charge >= 0.3 is 0 Å². The molecule has 3 aromatic rings. The lowest BCUT2D eigenvalue weighted by Gasteiger charge is -2.22. The molecule has 9 heteroatoms. The average Bonchev–Trinajstić information content (AvgIpc) is 2.73. The minimum absolute atomic E-state index is 0.0398. The van der Waals surface area contributed by atoms with Crippen LogP contribution >= 0.6 is 0 Å². The van der Waals surface area contributed by atoms with Gasteiger partial charge in [-0.3, -0.25) is 4.72 Å². The lowest BCUT2D eigenvalue weighted by molar-refractivity contribution is 0.445. The van der Waals surface area contributed by atoms with Crippen LogP contribution in [0.15, 0.2) is 70.5 Å². The van der Waals surface area contributed by atoms with Gasteiger partial charge in [0.25, 0.3) is 10.0 Å². The first kappa shape index (κ1) is 23.1. The van der Waals surface area contributed by atoms with E-state index in [1.54, 1.807) is 51.0 Å². The predicted molar refractivity (Wildman–Crippen MR) is 126 cm³/mol. The van der Waals surface area contributed by atoms with Crippen molar-refractivity contribution in [2.45, 2.75) is 23.6 Å². The number of hydrogen-bond acceptors (Lipinski definition) is 5. The maximum Gasteiger partial charge on any atom is 0.261 e. The van der Waals surface area contributed by atoms with E-state index in [2.05, 4.69) is 4.72 Å². The molecule has 0 aliphatic heterocycles. The fraction of sp³-hybridized carbons (Fsp3) is 0.273. The summed E-state index contributed by atoms with van der Waals surface area (Å²) in [6, 6.07) is 16.9. The van der Waals surface area contributed by atoms with Gasteiger partial charge in [-0.1, -0.05) is 44.2 Å². The van der Waals surface area contributed by atoms with E-state index in [9.17, 15) is 16.8 Å². The highest BCUT2D eigenvalue weighted by atomic mass is 32.2. The largest absolute Gasteiger partial charge is 0.376 e. The highest BCUT2D eigenvalue weighted by molar-refractivity contribution is 7.92. The minimum Gasteiger partial charge on any atom is -0.376 e. The van der Waals surface area contributed by atoms with E-state index >= 15 is 0 Å². The van der Waals surface area contributed by atoms with Crippen molar-refractivity contribution in [1.29, 1.82) is 0 Å². The number of nitrogens with zero attached hydrogens (tertiary/aromatic N) is 2. The Morgan fingerprint density at radius 2 is 1.39 bits per heavy atom. The van der Waals surface area contributed by atoms with E-state index in [4.69, 9.17) is 0 Å². The Morgan fingerprint density at radius 1 is 0.774 bits per heavy atom. The average molecular weight is 462 g/mol. The van der Waals surface area contributed by atoms with Gasteiger partial charge in [0, 0.05) is 27.2 Å². The molecule has 0 amide bonds. The van der Waals surface area contributed by atoms with E-state index in [0.717, 1.165) is 10.8 Å². The van der Waals surface area contributed by atoms with Gasteiger partial charge in [-0.2, -0.15) is 4.31 Å². The Morgan fingerprint density at radius 3 is 2.00 bits per heavy atom. The Hall–Kier alpha value is -2.62. The molecule has 0 saturated heterocycles. The topological polar surface area (TPSA) is 86.8 Å². The summed E-state index contributed by atoms with van der Waals surface area (Å²) in [5.41, 5.74) is 0.759. The maximum absolute atomic E-state index is 13.1. The van der Waals surface area contributed by atoms with Gasteiger partial charge in [0.05, 0.1) is 21.2 Å². The van der Waals surface area contributed by atoms with Crippen LogP contribution in [0, 0.1) is 0 Å². The van der Waals surface area contributed by atoms with E-state index < -0.39 is 20.0 Å². The molecule has 0 radical (unpaired) electrons. The zero-order chi connectivity index (χ0) is 22.8. The van der Waals surface area contributed by atoms with E-state index in [0.29, 0.717) is 18.8 Å². The first-order valence-electron chi connectivity index (χ1n) is 9.93. The van der Waals surface area contributed by atoms with Crippen LogP contribution in [-0.4, -0.2) is 48.3 Å². The number of anilines is 2. The van der Waals surface area contributed by atoms with Crippen LogP contribution in [-0.2, 0) is 20.0 Å². The Bertz CT molecular complexity index is 1300. The number of fused-ring (bicyclic) bond motifs is 1. The first-order valence-corrected chi connectivity index (χ1v) is 12.9. The van der Waals surface area contributed by atoms with Crippen LogP contribution < -0.4 is 9.62 Å². The molecule has 1 N–H and O–H groups in total. The summed E-state index contributed by atoms with van der Waals surface area (Å²) in [5.74, 6) is 0. The van der Waals surface area contributed by atoms with Crippen LogP contribution in [0.1, 0.15) is 13.8 Å². The second-order valence-corrected chi connectivity index (χ2v) is 10.9. The summed E-state index contributed by atoms with van der Waals surface area (Å²) in [4.78, 5) is 1.87. The monoisotopic (exact) mass is 461 g/mol. The summed E-state index contributed by atoms with van der Waals surface area (Å²) in [6.45, 7) is 4.18. The lowest BCUT2D eigenvalue weighted by Crippen LogP contribution is -2.30. The van der Waals surface area contributed by atoms with Crippen molar-refractivity contribution < 1.29 is 16.8 Å². The number of hydrogen-bond donors (Lipinski definition) is 1. The third-order valence-electron chi connectivity index (χ3n) is 5.07. The third kappa shape index (κ3) is 4.68. The Labute approximate surface area is 184 Å². The fourth-order valence-corrected chi connectivity index (χ4v) is 5.98. The molecule has 3 aromatic carbocycles. The van der Waals surface area contributed by atoms with Gasteiger partial charge in [0.2, 0.25) is 10.0 Å². The number of benzene rings is 3. The van der Waals surface area contributed by atoms with Gasteiger partial charge in [-0.25, -0.2) is 16.8 Å². The number of nitrogens with one attached hydrogen (secondary N) is 1. The molecular formula is C22H27N3O4S2. The number of sulfonamides is 2. The van der Waals surface area contributed by atoms with E-state index in [1.807, 2.05) is 24.3 Å². The zero-order valence-electron chi connectivity index (χ0n) is 18.0. The standard InChI is InChI=1S/C22H27N3O4S2/c1-5-25(6-2)31(28,29)20-13-14-22(24(3)4)21(16-20)23-30(26,27)19-12-11-17-9-7-8-10-18(17)15-19/h7-16,23H,5-6H2,1-4H3. The van der Waals surface area contributed by atoms with Crippen molar-refractivity contribution in [1.82, 2.24) is 4.31 Å². The van der Waals surface area contributed by atoms with Gasteiger partial charge in [-0.15, -0.1) is 0 Å². The maximum atomic E-state index is 13.1. The van der Waals surface area contributed by atoms with Gasteiger partial charge < -0.3 is 4.90 Å². The summed E-state index contributed by atoms with van der Waals surface area (Å²) >= 11 is 0. The predicted octanol–water partition coefficient (Wildman–Crippen LogP) is 3.74. The Kier molecular flexibility index (Phi) is 6.59. The van der Waals surface area contributed by atoms with E-state index in [-0.39, 0.29) is 15.5 Å². The SMILES string of the molecule is CCN(CC)S(=O)(=O)c1ccc(N(C)C)c(NS(=O)(=O)c2ccc3ccccc3c2)c1. The first-order chi connectivity index (χ1) is 14.6. The quantitative estimate of drug-likeness (QED) is 0.552. The molecule has 166 valence electrons. The molecule has 0 bridgehead atoms. The van der Waals surface area contributed by atoms with Crippen LogP contribution in [0.3, 0.4) is 0 Å². The van der Waals surface area contributed by atoms with Crippen molar-refractivity contribution in [3.05, 3.63) is 60.7 Å². The van der Waals surface area contributed by atoms with Crippen molar-refractivity contribution in [2.24, 2.45) is 0 Å². The molecule has 0 heterocycles. The highest BCUT2D eigenvalue weighted by Gasteiger charge is 2.24. The van der Waals surface area contributed by atoms with Crippen molar-refractivity contribution >= 4 is 42.2 Å². The van der Waals surface area contributed by atoms with Gasteiger partial charge in [0.15, 0.2) is 0 Å². The molecule has 0 aromatic heterocycles. The zero-order valence-corrected chi connectivity index (χ0v) is 19.7. The smallest absolute Gasteiger partial charge is 0.261 e. The summed E-state index contributed by atoms with van der Waals surface area (Å²) < 4.78 is 56.1. The van der Waals surface area contributed by atoms with E-state index in [1.165, 1.54) is 22.5 Å². The normalized spacial score (nSPS) is 12.3. The molecule has 7 nitrogen and oxygen atoms in total. The van der Waals surface area contributed by atoms with Crippen molar-refractivity contribution in [3.63, 3.8) is 0 Å². The molecular weight excluding hydrogens is 434 g/mol. The molecule has 0 fully saturated rings. The van der Waals surface area contributed by atoms with Crippen molar-refractivity contribution in [2.75, 3.05) is 36.8 Å².